The number of nitrogens with zero attached hydrogens (tertiary/aromatic N) is 2. The van der Waals surface area contributed by atoms with Crippen LogP contribution in [-0.2, 0) is 25.8 Å². The van der Waals surface area contributed by atoms with Crippen molar-refractivity contribution in [3.05, 3.63) is 29.8 Å². The highest BCUT2D eigenvalue weighted by Crippen LogP contribution is 2.16. The highest BCUT2D eigenvalue weighted by molar-refractivity contribution is 7.92. The summed E-state index contributed by atoms with van der Waals surface area (Å²) < 4.78 is 28.9. The average molecular weight is 448 g/mol. The van der Waals surface area contributed by atoms with Crippen molar-refractivity contribution in [2.75, 3.05) is 46.4 Å². The van der Waals surface area contributed by atoms with Crippen LogP contribution >= 0.6 is 12.4 Å². The Bertz CT molecular complexity index is 776. The highest BCUT2D eigenvalue weighted by atomic mass is 35.5. The maximum absolute atomic E-state index is 12.1. The van der Waals surface area contributed by atoms with E-state index >= 15 is 0 Å². The first-order valence-corrected chi connectivity index (χ1v) is 10.9. The minimum atomic E-state index is -3.30. The van der Waals surface area contributed by atoms with Gasteiger partial charge in [-0.3, -0.25) is 9.69 Å². The summed E-state index contributed by atoms with van der Waals surface area (Å²) in [6, 6.07) is 6.47. The number of carbonyl (C=O) groups is 2. The summed E-state index contributed by atoms with van der Waals surface area (Å²) in [7, 11) is -1.92. The number of ether oxygens (including phenoxy) is 1. The van der Waals surface area contributed by atoms with Crippen LogP contribution in [0.3, 0.4) is 0 Å². The molecule has 1 N–H and O–H groups in total. The predicted octanol–water partition coefficient (Wildman–Crippen LogP) is 1.33. The molecule has 1 fully saturated rings. The molecular weight excluding hydrogens is 418 g/mol. The van der Waals surface area contributed by atoms with Crippen LogP contribution in [-0.4, -0.2) is 81.8 Å². The van der Waals surface area contributed by atoms with Gasteiger partial charge in [-0.25, -0.2) is 13.2 Å². The molecule has 0 spiro atoms. The van der Waals surface area contributed by atoms with E-state index in [-0.39, 0.29) is 35.7 Å². The summed E-state index contributed by atoms with van der Waals surface area (Å²) in [5.41, 5.74) is 0.770. The molecule has 1 aliphatic heterocycles. The number of hydrogen-bond donors (Lipinski definition) is 1. The van der Waals surface area contributed by atoms with Crippen molar-refractivity contribution < 1.29 is 22.7 Å². The zero-order valence-electron chi connectivity index (χ0n) is 17.1. The molecule has 8 nitrogen and oxygen atoms in total. The normalized spacial score (nSPS) is 15.0. The molecule has 29 heavy (non-hydrogen) atoms. The fraction of sp³-hybridized carbons (Fsp3) is 0.579. The summed E-state index contributed by atoms with van der Waals surface area (Å²) in [5, 5.41) is 2.41. The Morgan fingerprint density at radius 3 is 2.21 bits per heavy atom. The molecule has 0 aliphatic carbocycles. The molecule has 2 rings (SSSR count). The molecule has 1 aromatic rings. The summed E-state index contributed by atoms with van der Waals surface area (Å²) in [6.45, 7) is 7.26. The van der Waals surface area contributed by atoms with Gasteiger partial charge in [-0.2, -0.15) is 0 Å². The fourth-order valence-corrected chi connectivity index (χ4v) is 4.01. The first-order chi connectivity index (χ1) is 13.2. The van der Waals surface area contributed by atoms with E-state index in [2.05, 4.69) is 10.2 Å². The molecule has 0 bridgehead atoms. The third-order valence-electron chi connectivity index (χ3n) is 4.79. The molecule has 1 heterocycles. The number of hydrogen-bond acceptors (Lipinski definition) is 6. The summed E-state index contributed by atoms with van der Waals surface area (Å²) in [4.78, 5) is 27.7. The van der Waals surface area contributed by atoms with E-state index in [1.165, 1.54) is 7.11 Å². The van der Waals surface area contributed by atoms with E-state index in [0.717, 1.165) is 18.7 Å². The molecule has 0 atom stereocenters. The van der Waals surface area contributed by atoms with Crippen molar-refractivity contribution in [2.24, 2.45) is 0 Å². The fourth-order valence-electron chi connectivity index (χ4n) is 2.95. The van der Waals surface area contributed by atoms with Gasteiger partial charge < -0.3 is 15.0 Å². The van der Waals surface area contributed by atoms with E-state index < -0.39 is 15.1 Å². The van der Waals surface area contributed by atoms with Crippen molar-refractivity contribution >= 4 is 34.2 Å². The zero-order valence-corrected chi connectivity index (χ0v) is 18.7. The van der Waals surface area contributed by atoms with Gasteiger partial charge in [0, 0.05) is 39.3 Å². The van der Waals surface area contributed by atoms with Gasteiger partial charge in [0.2, 0.25) is 5.91 Å². The second-order valence-corrected chi connectivity index (χ2v) is 9.57. The smallest absolute Gasteiger partial charge is 0.409 e. The molecule has 0 aromatic heterocycles. The molecule has 1 saturated heterocycles. The molecule has 0 radical (unpaired) electrons. The maximum atomic E-state index is 12.1. The van der Waals surface area contributed by atoms with Crippen molar-refractivity contribution in [3.8, 4) is 0 Å². The minimum Gasteiger partial charge on any atom is -0.453 e. The Hall–Kier alpha value is -1.84. The first kappa shape index (κ1) is 25.2. The van der Waals surface area contributed by atoms with Crippen molar-refractivity contribution in [3.63, 3.8) is 0 Å². The lowest BCUT2D eigenvalue weighted by Crippen LogP contribution is -2.50. The van der Waals surface area contributed by atoms with Crippen molar-refractivity contribution in [1.82, 2.24) is 15.1 Å². The molecular formula is C19H30ClN3O5S. The Morgan fingerprint density at radius 2 is 1.69 bits per heavy atom. The summed E-state index contributed by atoms with van der Waals surface area (Å²) >= 11 is 0. The van der Waals surface area contributed by atoms with Gasteiger partial charge in [-0.15, -0.1) is 12.4 Å². The standard InChI is InChI=1S/C19H29N3O5S.ClH/c1-15(2)28(25,26)17-6-4-16(5-7-17)14-18(23)20-8-9-21-10-12-22(13-11-21)19(24)27-3;/h4-7,15H,8-14H2,1-3H3,(H,20,23);1H. The van der Waals surface area contributed by atoms with Crippen LogP contribution in [0.2, 0.25) is 0 Å². The Labute approximate surface area is 178 Å². The van der Waals surface area contributed by atoms with Crippen LogP contribution in [0, 0.1) is 0 Å². The zero-order chi connectivity index (χ0) is 20.7. The molecule has 10 heteroatoms. The quantitative estimate of drug-likeness (QED) is 0.677. The second kappa shape index (κ2) is 11.4. The molecule has 0 unspecified atom stereocenters. The predicted molar refractivity (Wildman–Crippen MR) is 113 cm³/mol. The lowest BCUT2D eigenvalue weighted by Gasteiger charge is -2.33. The van der Waals surface area contributed by atoms with Crippen LogP contribution < -0.4 is 5.32 Å². The topological polar surface area (TPSA) is 96.0 Å². The highest BCUT2D eigenvalue weighted by Gasteiger charge is 2.21. The Morgan fingerprint density at radius 1 is 1.10 bits per heavy atom. The lowest BCUT2D eigenvalue weighted by molar-refractivity contribution is -0.120. The number of halogens is 1. The largest absolute Gasteiger partial charge is 0.453 e. The second-order valence-electron chi connectivity index (χ2n) is 7.06. The Balaban J connectivity index is 0.00000420. The van der Waals surface area contributed by atoms with Crippen LogP contribution in [0.4, 0.5) is 4.79 Å². The molecule has 164 valence electrons. The minimum absolute atomic E-state index is 0. The van der Waals surface area contributed by atoms with Gasteiger partial charge in [0.05, 0.1) is 23.7 Å². The monoisotopic (exact) mass is 447 g/mol. The van der Waals surface area contributed by atoms with E-state index in [1.54, 1.807) is 43.0 Å². The van der Waals surface area contributed by atoms with Gasteiger partial charge in [0.15, 0.2) is 9.84 Å². The van der Waals surface area contributed by atoms with E-state index in [0.29, 0.717) is 26.2 Å². The number of piperazine rings is 1. The molecule has 1 aromatic carbocycles. The van der Waals surface area contributed by atoms with Crippen molar-refractivity contribution in [2.45, 2.75) is 30.4 Å². The first-order valence-electron chi connectivity index (χ1n) is 9.39. The Kier molecular flexibility index (Phi) is 9.88. The molecule has 1 aliphatic rings. The van der Waals surface area contributed by atoms with Crippen LogP contribution in [0.1, 0.15) is 19.4 Å². The number of benzene rings is 1. The average Bonchev–Trinajstić information content (AvgIpc) is 2.68. The summed E-state index contributed by atoms with van der Waals surface area (Å²) in [6.07, 6.45) is -0.0989. The van der Waals surface area contributed by atoms with E-state index in [9.17, 15) is 18.0 Å². The van der Waals surface area contributed by atoms with Gasteiger partial charge >= 0.3 is 6.09 Å². The molecule has 2 amide bonds. The van der Waals surface area contributed by atoms with Crippen LogP contribution in [0.15, 0.2) is 29.2 Å². The number of methoxy groups -OCH3 is 1. The van der Waals surface area contributed by atoms with Crippen LogP contribution in [0.25, 0.3) is 0 Å². The van der Waals surface area contributed by atoms with Gasteiger partial charge in [0.1, 0.15) is 0 Å². The number of carbonyl (C=O) groups excluding carboxylic acids is 2. The third kappa shape index (κ3) is 7.17. The van der Waals surface area contributed by atoms with Crippen molar-refractivity contribution in [1.29, 1.82) is 0 Å². The van der Waals surface area contributed by atoms with E-state index in [4.69, 9.17) is 4.74 Å². The van der Waals surface area contributed by atoms with Crippen LogP contribution in [0.5, 0.6) is 0 Å². The lowest BCUT2D eigenvalue weighted by atomic mass is 10.1. The van der Waals surface area contributed by atoms with Gasteiger partial charge in [-0.1, -0.05) is 12.1 Å². The van der Waals surface area contributed by atoms with E-state index in [1.807, 2.05) is 0 Å². The number of sulfone groups is 1. The summed E-state index contributed by atoms with van der Waals surface area (Å²) in [5.74, 6) is -0.104. The molecule has 0 saturated carbocycles. The van der Waals surface area contributed by atoms with Gasteiger partial charge in [0.25, 0.3) is 0 Å². The third-order valence-corrected chi connectivity index (χ3v) is 6.96. The number of rotatable bonds is 7. The SMILES string of the molecule is COC(=O)N1CCN(CCNC(=O)Cc2ccc(S(=O)(=O)C(C)C)cc2)CC1.Cl. The van der Waals surface area contributed by atoms with Gasteiger partial charge in [-0.05, 0) is 31.5 Å². The maximum Gasteiger partial charge on any atom is 0.409 e. The number of nitrogens with one attached hydrogen (secondary N) is 1. The number of amides is 2.